The van der Waals surface area contributed by atoms with Crippen molar-refractivity contribution >= 4 is 27.5 Å². The highest BCUT2D eigenvalue weighted by Crippen LogP contribution is 2.27. The fraction of sp³-hybridized carbons (Fsp3) is 0.500. The molecule has 5 heterocycles. The van der Waals surface area contributed by atoms with Gasteiger partial charge in [0.2, 0.25) is 0 Å². The van der Waals surface area contributed by atoms with Crippen LogP contribution in [0.15, 0.2) is 23.7 Å². The molecule has 2 bridgehead atoms. The summed E-state index contributed by atoms with van der Waals surface area (Å²) in [6.45, 7) is 3.39. The molecule has 2 aromatic rings. The van der Waals surface area contributed by atoms with Gasteiger partial charge < -0.3 is 10.2 Å². The van der Waals surface area contributed by atoms with Crippen molar-refractivity contribution in [2.24, 2.45) is 5.92 Å². The van der Waals surface area contributed by atoms with Crippen molar-refractivity contribution in [2.75, 3.05) is 19.6 Å². The largest absolute Gasteiger partial charge is 0.348 e. The number of hydrogen-bond acceptors (Lipinski definition) is 4. The van der Waals surface area contributed by atoms with Gasteiger partial charge in [-0.15, -0.1) is 11.3 Å². The highest BCUT2D eigenvalue weighted by atomic mass is 32.1. The molecule has 3 fully saturated rings. The van der Waals surface area contributed by atoms with Crippen LogP contribution in [0.25, 0.3) is 10.2 Å². The van der Waals surface area contributed by atoms with E-state index in [0.29, 0.717) is 0 Å². The molecule has 0 spiro atoms. The number of nitrogens with zero attached hydrogens (tertiary/aromatic N) is 2. The lowest BCUT2D eigenvalue weighted by Crippen LogP contribution is -2.42. The molecule has 0 aliphatic carbocycles. The van der Waals surface area contributed by atoms with E-state index in [4.69, 9.17) is 0 Å². The molecule has 1 unspecified atom stereocenters. The van der Waals surface area contributed by atoms with Crippen LogP contribution in [0.5, 0.6) is 0 Å². The third-order valence-electron chi connectivity index (χ3n) is 4.73. The molecule has 1 amide bonds. The standard InChI is InChI=1S/C16H19N3OS/c20-16(13-1-5-17-14-4-8-21-15(13)14)18-12-9-11-2-6-19(10-12)7-3-11/h1,4-5,8,11-12H,2-3,6-7,9-10H2,(H,18,20). The number of amides is 1. The van der Waals surface area contributed by atoms with Crippen molar-refractivity contribution in [1.82, 2.24) is 15.2 Å². The SMILES string of the molecule is O=C(NC1CC2CCN(CC2)C1)c1ccnc2ccsc12. The highest BCUT2D eigenvalue weighted by Gasteiger charge is 2.30. The van der Waals surface area contributed by atoms with E-state index < -0.39 is 0 Å². The van der Waals surface area contributed by atoms with E-state index in [-0.39, 0.29) is 11.9 Å². The van der Waals surface area contributed by atoms with Crippen LogP contribution in [-0.2, 0) is 0 Å². The fourth-order valence-electron chi connectivity index (χ4n) is 3.61. The van der Waals surface area contributed by atoms with Gasteiger partial charge in [-0.2, -0.15) is 0 Å². The van der Waals surface area contributed by atoms with Crippen LogP contribution in [0.2, 0.25) is 0 Å². The second-order valence-corrected chi connectivity index (χ2v) is 7.06. The van der Waals surface area contributed by atoms with Crippen LogP contribution >= 0.6 is 11.3 Å². The topological polar surface area (TPSA) is 45.2 Å². The molecule has 3 saturated heterocycles. The van der Waals surface area contributed by atoms with Gasteiger partial charge >= 0.3 is 0 Å². The number of carbonyl (C=O) groups is 1. The van der Waals surface area contributed by atoms with Gasteiger partial charge in [0.1, 0.15) is 0 Å². The van der Waals surface area contributed by atoms with Crippen LogP contribution < -0.4 is 5.32 Å². The maximum absolute atomic E-state index is 12.6. The van der Waals surface area contributed by atoms with Crippen LogP contribution in [-0.4, -0.2) is 41.5 Å². The number of piperidine rings is 1. The Morgan fingerprint density at radius 3 is 3.05 bits per heavy atom. The van der Waals surface area contributed by atoms with Crippen molar-refractivity contribution < 1.29 is 4.79 Å². The Bertz CT molecular complexity index is 646. The Labute approximate surface area is 128 Å². The number of carbonyl (C=O) groups excluding carboxylic acids is 1. The first-order chi connectivity index (χ1) is 10.3. The number of thiophene rings is 1. The third-order valence-corrected chi connectivity index (χ3v) is 5.66. The lowest BCUT2D eigenvalue weighted by molar-refractivity contribution is 0.0930. The van der Waals surface area contributed by atoms with Gasteiger partial charge in [0.05, 0.1) is 15.8 Å². The molecule has 5 heteroatoms. The predicted octanol–water partition coefficient (Wildman–Crippen LogP) is 2.51. The molecule has 3 aliphatic rings. The van der Waals surface area contributed by atoms with E-state index in [0.717, 1.165) is 34.7 Å². The van der Waals surface area contributed by atoms with Crippen LogP contribution in [0.3, 0.4) is 0 Å². The summed E-state index contributed by atoms with van der Waals surface area (Å²) in [6, 6.07) is 4.09. The minimum atomic E-state index is 0.0531. The van der Waals surface area contributed by atoms with E-state index in [1.807, 2.05) is 17.5 Å². The zero-order chi connectivity index (χ0) is 14.2. The van der Waals surface area contributed by atoms with E-state index in [1.54, 1.807) is 17.5 Å². The zero-order valence-electron chi connectivity index (χ0n) is 11.9. The smallest absolute Gasteiger partial charge is 0.253 e. The number of hydrogen-bond donors (Lipinski definition) is 1. The Balaban J connectivity index is 1.54. The molecule has 110 valence electrons. The van der Waals surface area contributed by atoms with E-state index >= 15 is 0 Å². The number of rotatable bonds is 2. The van der Waals surface area contributed by atoms with Gasteiger partial charge in [-0.1, -0.05) is 0 Å². The molecule has 4 nitrogen and oxygen atoms in total. The molecule has 1 atom stereocenters. The normalized spacial score (nSPS) is 28.5. The van der Waals surface area contributed by atoms with E-state index in [2.05, 4.69) is 15.2 Å². The quantitative estimate of drug-likeness (QED) is 0.927. The summed E-state index contributed by atoms with van der Waals surface area (Å²) < 4.78 is 0.993. The minimum absolute atomic E-state index is 0.0531. The molecule has 3 aliphatic heterocycles. The monoisotopic (exact) mass is 301 g/mol. The fourth-order valence-corrected chi connectivity index (χ4v) is 4.48. The first-order valence-corrected chi connectivity index (χ1v) is 8.53. The number of aromatic nitrogens is 1. The van der Waals surface area contributed by atoms with Gasteiger partial charge in [0.15, 0.2) is 0 Å². The summed E-state index contributed by atoms with van der Waals surface area (Å²) in [6.07, 6.45) is 5.43. The maximum Gasteiger partial charge on any atom is 0.253 e. The number of nitrogens with one attached hydrogen (secondary N) is 1. The van der Waals surface area contributed by atoms with E-state index in [1.165, 1.54) is 25.9 Å². The average molecular weight is 301 g/mol. The molecule has 2 aromatic heterocycles. The van der Waals surface area contributed by atoms with Crippen molar-refractivity contribution in [2.45, 2.75) is 25.3 Å². The van der Waals surface area contributed by atoms with Gasteiger partial charge in [0.25, 0.3) is 5.91 Å². The summed E-state index contributed by atoms with van der Waals surface area (Å²) in [7, 11) is 0. The predicted molar refractivity (Wildman–Crippen MR) is 84.7 cm³/mol. The third kappa shape index (κ3) is 2.56. The molecule has 21 heavy (non-hydrogen) atoms. The van der Waals surface area contributed by atoms with Gasteiger partial charge in [-0.3, -0.25) is 9.78 Å². The van der Waals surface area contributed by atoms with Crippen LogP contribution in [0, 0.1) is 5.92 Å². The lowest BCUT2D eigenvalue weighted by atomic mass is 9.94. The molecular weight excluding hydrogens is 282 g/mol. The average Bonchev–Trinajstić information content (AvgIpc) is 2.80. The minimum Gasteiger partial charge on any atom is -0.348 e. The molecule has 0 saturated carbocycles. The number of pyridine rings is 1. The van der Waals surface area contributed by atoms with Crippen molar-refractivity contribution in [3.63, 3.8) is 0 Å². The van der Waals surface area contributed by atoms with E-state index in [9.17, 15) is 4.79 Å². The first kappa shape index (κ1) is 13.2. The lowest BCUT2D eigenvalue weighted by Gasteiger charge is -2.26. The van der Waals surface area contributed by atoms with Crippen molar-refractivity contribution in [3.05, 3.63) is 29.3 Å². The molecule has 1 N–H and O–H groups in total. The van der Waals surface area contributed by atoms with Crippen LogP contribution in [0.4, 0.5) is 0 Å². The summed E-state index contributed by atoms with van der Waals surface area (Å²) in [5.74, 6) is 0.839. The van der Waals surface area contributed by atoms with Crippen LogP contribution in [0.1, 0.15) is 29.6 Å². The summed E-state index contributed by atoms with van der Waals surface area (Å²) in [4.78, 5) is 19.4. The second kappa shape index (κ2) is 5.39. The number of fused-ring (bicyclic) bond motifs is 5. The highest BCUT2D eigenvalue weighted by molar-refractivity contribution is 7.17. The van der Waals surface area contributed by atoms with Gasteiger partial charge in [-0.05, 0) is 55.8 Å². The summed E-state index contributed by atoms with van der Waals surface area (Å²) >= 11 is 1.59. The Morgan fingerprint density at radius 1 is 1.33 bits per heavy atom. The molecule has 5 rings (SSSR count). The van der Waals surface area contributed by atoms with Gasteiger partial charge in [0, 0.05) is 18.8 Å². The Kier molecular flexibility index (Phi) is 3.39. The molecule has 0 radical (unpaired) electrons. The van der Waals surface area contributed by atoms with Gasteiger partial charge in [-0.25, -0.2) is 0 Å². The van der Waals surface area contributed by atoms with Crippen molar-refractivity contribution in [1.29, 1.82) is 0 Å². The molecule has 0 aromatic carbocycles. The first-order valence-electron chi connectivity index (χ1n) is 7.65. The summed E-state index contributed by atoms with van der Waals surface area (Å²) in [5.41, 5.74) is 1.68. The summed E-state index contributed by atoms with van der Waals surface area (Å²) in [5, 5.41) is 5.25. The second-order valence-electron chi connectivity index (χ2n) is 6.14. The molecular formula is C16H19N3OS. The zero-order valence-corrected chi connectivity index (χ0v) is 12.7. The van der Waals surface area contributed by atoms with Crippen molar-refractivity contribution in [3.8, 4) is 0 Å². The maximum atomic E-state index is 12.6. The Hall–Kier alpha value is -1.46. The Morgan fingerprint density at radius 2 is 2.19 bits per heavy atom.